The van der Waals surface area contributed by atoms with Crippen molar-refractivity contribution in [1.29, 1.82) is 0 Å². The lowest BCUT2D eigenvalue weighted by Gasteiger charge is -2.24. The molecule has 5 nitrogen and oxygen atoms in total. The van der Waals surface area contributed by atoms with Gasteiger partial charge in [-0.1, -0.05) is 25.3 Å². The fourth-order valence-corrected chi connectivity index (χ4v) is 3.48. The molecule has 0 spiro atoms. The number of phenols is 1. The molecule has 0 bridgehead atoms. The third-order valence-corrected chi connectivity index (χ3v) is 4.93. The molecular formula is C20H21F2N3O2S. The zero-order valence-electron chi connectivity index (χ0n) is 15.1. The molecule has 0 saturated heterocycles. The number of nitrogens with one attached hydrogen (secondary N) is 3. The van der Waals surface area contributed by atoms with E-state index >= 15 is 0 Å². The minimum absolute atomic E-state index is 0.0609. The molecule has 4 N–H and O–H groups in total. The first-order valence-electron chi connectivity index (χ1n) is 9.09. The summed E-state index contributed by atoms with van der Waals surface area (Å²) in [7, 11) is 0. The van der Waals surface area contributed by atoms with Crippen molar-refractivity contribution in [3.63, 3.8) is 0 Å². The summed E-state index contributed by atoms with van der Waals surface area (Å²) in [5, 5.41) is 13.4. The van der Waals surface area contributed by atoms with Crippen LogP contribution in [0.3, 0.4) is 0 Å². The van der Waals surface area contributed by atoms with Gasteiger partial charge in [0.1, 0.15) is 17.4 Å². The number of hydrazine groups is 1. The number of hydrogen-bond donors (Lipinski definition) is 4. The molecule has 2 aromatic carbocycles. The van der Waals surface area contributed by atoms with E-state index in [1.807, 2.05) is 0 Å². The summed E-state index contributed by atoms with van der Waals surface area (Å²) in [6, 6.07) is 7.52. The van der Waals surface area contributed by atoms with Crippen LogP contribution in [-0.2, 0) is 0 Å². The second-order valence-electron chi connectivity index (χ2n) is 6.74. The van der Waals surface area contributed by atoms with Crippen LogP contribution in [-0.4, -0.2) is 22.2 Å². The molecule has 148 valence electrons. The van der Waals surface area contributed by atoms with Gasteiger partial charge in [0.2, 0.25) is 0 Å². The Morgan fingerprint density at radius 3 is 2.50 bits per heavy atom. The largest absolute Gasteiger partial charge is 0.507 e. The number of benzene rings is 2. The Labute approximate surface area is 167 Å². The molecule has 1 saturated carbocycles. The van der Waals surface area contributed by atoms with E-state index in [0.29, 0.717) is 10.7 Å². The Hall–Kier alpha value is -2.74. The second-order valence-corrected chi connectivity index (χ2v) is 7.15. The fourth-order valence-electron chi connectivity index (χ4n) is 3.26. The molecule has 0 radical (unpaired) electrons. The number of thiocarbonyl (C=S) groups is 1. The monoisotopic (exact) mass is 405 g/mol. The molecule has 1 aliphatic carbocycles. The molecule has 0 aliphatic heterocycles. The van der Waals surface area contributed by atoms with E-state index in [4.69, 9.17) is 12.2 Å². The highest BCUT2D eigenvalue weighted by Gasteiger charge is 2.17. The SMILES string of the molecule is O=C(NNC(=S)NC1CCCCC1)c1cc(-c2ccc(F)cc2F)ccc1O. The summed E-state index contributed by atoms with van der Waals surface area (Å²) in [5.74, 6) is -2.35. The fraction of sp³-hybridized carbons (Fsp3) is 0.300. The van der Waals surface area contributed by atoms with Gasteiger partial charge in [0.25, 0.3) is 5.91 Å². The van der Waals surface area contributed by atoms with Gasteiger partial charge < -0.3 is 10.4 Å². The van der Waals surface area contributed by atoms with Crippen LogP contribution in [0.1, 0.15) is 42.5 Å². The van der Waals surface area contributed by atoms with Gasteiger partial charge in [-0.25, -0.2) is 8.78 Å². The van der Waals surface area contributed by atoms with Crippen LogP contribution < -0.4 is 16.2 Å². The maximum Gasteiger partial charge on any atom is 0.273 e. The number of carbonyl (C=O) groups is 1. The topological polar surface area (TPSA) is 73.4 Å². The Balaban J connectivity index is 1.66. The predicted octanol–water partition coefficient (Wildman–Crippen LogP) is 3.78. The normalized spacial score (nSPS) is 14.4. The molecule has 1 aliphatic rings. The standard InChI is InChI=1S/C20H21F2N3O2S/c21-13-7-8-15(17(22)11-13)12-6-9-18(26)16(10-12)19(27)24-25-20(28)23-14-4-2-1-3-5-14/h6-11,14,26H,1-5H2,(H,24,27)(H2,23,25,28). The number of carbonyl (C=O) groups excluding carboxylic acids is 1. The first kappa shape index (κ1) is 20.0. The Morgan fingerprint density at radius 2 is 1.79 bits per heavy atom. The number of amides is 1. The molecule has 28 heavy (non-hydrogen) atoms. The highest BCUT2D eigenvalue weighted by molar-refractivity contribution is 7.80. The van der Waals surface area contributed by atoms with Crippen molar-refractivity contribution >= 4 is 23.2 Å². The summed E-state index contributed by atoms with van der Waals surface area (Å²) < 4.78 is 27.1. The zero-order valence-corrected chi connectivity index (χ0v) is 15.9. The molecule has 1 fully saturated rings. The van der Waals surface area contributed by atoms with Gasteiger partial charge >= 0.3 is 0 Å². The maximum absolute atomic E-state index is 14.0. The van der Waals surface area contributed by atoms with Crippen LogP contribution in [0.5, 0.6) is 5.75 Å². The summed E-state index contributed by atoms with van der Waals surface area (Å²) in [6.45, 7) is 0. The molecule has 8 heteroatoms. The average molecular weight is 405 g/mol. The van der Waals surface area contributed by atoms with Crippen molar-refractivity contribution in [2.24, 2.45) is 0 Å². The Kier molecular flexibility index (Phi) is 6.41. The number of aromatic hydroxyl groups is 1. The Morgan fingerprint density at radius 1 is 1.04 bits per heavy atom. The number of halogens is 2. The first-order chi connectivity index (χ1) is 13.4. The highest BCUT2D eigenvalue weighted by Crippen LogP contribution is 2.28. The van der Waals surface area contributed by atoms with Gasteiger partial charge in [-0.05, 0) is 54.9 Å². The van der Waals surface area contributed by atoms with Gasteiger partial charge in [0.15, 0.2) is 5.11 Å². The van der Waals surface area contributed by atoms with Crippen molar-refractivity contribution < 1.29 is 18.7 Å². The minimum Gasteiger partial charge on any atom is -0.507 e. The van der Waals surface area contributed by atoms with Gasteiger partial charge in [-0.2, -0.15) is 0 Å². The number of hydrogen-bond acceptors (Lipinski definition) is 3. The molecule has 0 atom stereocenters. The van der Waals surface area contributed by atoms with E-state index in [1.54, 1.807) is 0 Å². The third kappa shape index (κ3) is 4.95. The molecule has 0 heterocycles. The van der Waals surface area contributed by atoms with Crippen molar-refractivity contribution in [2.45, 2.75) is 38.1 Å². The van der Waals surface area contributed by atoms with Crippen molar-refractivity contribution in [1.82, 2.24) is 16.2 Å². The zero-order chi connectivity index (χ0) is 20.1. The minimum atomic E-state index is -0.756. The lowest BCUT2D eigenvalue weighted by atomic mass is 9.96. The number of rotatable bonds is 3. The molecule has 1 amide bonds. The van der Waals surface area contributed by atoms with Crippen molar-refractivity contribution in [2.75, 3.05) is 0 Å². The molecule has 2 aromatic rings. The quantitative estimate of drug-likeness (QED) is 0.462. The van der Waals surface area contributed by atoms with Crippen LogP contribution in [0, 0.1) is 11.6 Å². The maximum atomic E-state index is 14.0. The smallest absolute Gasteiger partial charge is 0.273 e. The van der Waals surface area contributed by atoms with Gasteiger partial charge in [-0.3, -0.25) is 15.6 Å². The van der Waals surface area contributed by atoms with Crippen LogP contribution in [0.15, 0.2) is 36.4 Å². The van der Waals surface area contributed by atoms with Crippen molar-refractivity contribution in [3.8, 4) is 16.9 Å². The third-order valence-electron chi connectivity index (χ3n) is 4.71. The van der Waals surface area contributed by atoms with E-state index in [1.165, 1.54) is 30.7 Å². The van der Waals surface area contributed by atoms with E-state index in [2.05, 4.69) is 16.2 Å². The van der Waals surface area contributed by atoms with Crippen molar-refractivity contribution in [3.05, 3.63) is 53.6 Å². The summed E-state index contributed by atoms with van der Waals surface area (Å²) in [6.07, 6.45) is 5.57. The van der Waals surface area contributed by atoms with Crippen LogP contribution in [0.2, 0.25) is 0 Å². The summed E-state index contributed by atoms with van der Waals surface area (Å²) in [5.41, 5.74) is 5.44. The van der Waals surface area contributed by atoms with E-state index in [-0.39, 0.29) is 22.9 Å². The Bertz CT molecular complexity index is 886. The first-order valence-corrected chi connectivity index (χ1v) is 9.50. The highest BCUT2D eigenvalue weighted by atomic mass is 32.1. The lowest BCUT2D eigenvalue weighted by Crippen LogP contribution is -2.50. The van der Waals surface area contributed by atoms with Crippen LogP contribution in [0.25, 0.3) is 11.1 Å². The predicted molar refractivity (Wildman–Crippen MR) is 107 cm³/mol. The number of phenolic OH excluding ortho intramolecular Hbond substituents is 1. The van der Waals surface area contributed by atoms with Gasteiger partial charge in [0.05, 0.1) is 5.56 Å². The lowest BCUT2D eigenvalue weighted by molar-refractivity contribution is 0.0941. The van der Waals surface area contributed by atoms with E-state index in [9.17, 15) is 18.7 Å². The second kappa shape index (κ2) is 8.97. The van der Waals surface area contributed by atoms with Crippen LogP contribution in [0.4, 0.5) is 8.78 Å². The molecule has 0 aromatic heterocycles. The van der Waals surface area contributed by atoms with Crippen LogP contribution >= 0.6 is 12.2 Å². The van der Waals surface area contributed by atoms with E-state index < -0.39 is 17.5 Å². The van der Waals surface area contributed by atoms with Gasteiger partial charge in [0, 0.05) is 17.7 Å². The summed E-state index contributed by atoms with van der Waals surface area (Å²) in [4.78, 5) is 12.4. The van der Waals surface area contributed by atoms with E-state index in [0.717, 1.165) is 37.8 Å². The molecular weight excluding hydrogens is 384 g/mol. The van der Waals surface area contributed by atoms with Gasteiger partial charge in [-0.15, -0.1) is 0 Å². The average Bonchev–Trinajstić information content (AvgIpc) is 2.67. The summed E-state index contributed by atoms with van der Waals surface area (Å²) >= 11 is 5.18. The molecule has 0 unspecified atom stereocenters. The molecule has 3 rings (SSSR count).